The third-order valence-electron chi connectivity index (χ3n) is 3.94. The van der Waals surface area contributed by atoms with Crippen LogP contribution in [-0.4, -0.2) is 28.1 Å². The number of hydrogen-bond donors (Lipinski definition) is 3. The Labute approximate surface area is 176 Å². The Morgan fingerprint density at radius 1 is 0.931 bits per heavy atom. The predicted molar refractivity (Wildman–Crippen MR) is 116 cm³/mol. The van der Waals surface area contributed by atoms with Crippen molar-refractivity contribution in [3.05, 3.63) is 76.5 Å². The van der Waals surface area contributed by atoms with Gasteiger partial charge in [0.2, 0.25) is 5.91 Å². The van der Waals surface area contributed by atoms with Crippen molar-refractivity contribution in [2.45, 2.75) is 17.1 Å². The molecule has 148 valence electrons. The molecule has 1 aromatic heterocycles. The summed E-state index contributed by atoms with van der Waals surface area (Å²) in [5, 5.41) is 16.0. The van der Waals surface area contributed by atoms with Crippen LogP contribution in [0.5, 0.6) is 0 Å². The van der Waals surface area contributed by atoms with E-state index >= 15 is 0 Å². The van der Waals surface area contributed by atoms with E-state index in [1.165, 1.54) is 35.2 Å². The van der Waals surface area contributed by atoms with Gasteiger partial charge in [-0.15, -0.1) is 23.1 Å². The molecule has 6 nitrogen and oxygen atoms in total. The lowest BCUT2D eigenvalue weighted by Crippen LogP contribution is -2.22. The van der Waals surface area contributed by atoms with Crippen LogP contribution in [0.3, 0.4) is 0 Å². The zero-order valence-corrected chi connectivity index (χ0v) is 17.0. The van der Waals surface area contributed by atoms with Crippen LogP contribution in [-0.2, 0) is 4.79 Å². The predicted octanol–water partition coefficient (Wildman–Crippen LogP) is 4.82. The fraction of sp³-hybridized carbons (Fsp3) is 0.0952. The number of carbonyl (C=O) groups excluding carboxylic acids is 2. The first-order valence-electron chi connectivity index (χ1n) is 8.68. The fourth-order valence-electron chi connectivity index (χ4n) is 2.41. The highest BCUT2D eigenvalue weighted by Gasteiger charge is 2.15. The number of hydrogen-bond acceptors (Lipinski definition) is 5. The van der Waals surface area contributed by atoms with Gasteiger partial charge in [-0.25, -0.2) is 4.79 Å². The summed E-state index contributed by atoms with van der Waals surface area (Å²) < 4.78 is 0. The molecule has 1 heterocycles. The summed E-state index contributed by atoms with van der Waals surface area (Å²) in [6.07, 6.45) is 0. The molecule has 2 amide bonds. The molecule has 29 heavy (non-hydrogen) atoms. The Morgan fingerprint density at radius 3 is 2.14 bits per heavy atom. The molecular formula is C21H18N2O4S2. The second kappa shape index (κ2) is 9.40. The standard InChI is InChI=1S/C21H18N2O4S2/c1-13(19(24)22-15-6-4-14(5-7-15)21(26)27)29-17-10-8-16(9-11-17)23-20(25)18-3-2-12-28-18/h2-13H,1H3,(H,22,24)(H,23,25)(H,26,27). The van der Waals surface area contributed by atoms with Crippen LogP contribution < -0.4 is 10.6 Å². The molecule has 2 aromatic carbocycles. The molecule has 0 saturated heterocycles. The highest BCUT2D eigenvalue weighted by atomic mass is 32.2. The van der Waals surface area contributed by atoms with Crippen LogP contribution >= 0.6 is 23.1 Å². The molecule has 0 aliphatic rings. The lowest BCUT2D eigenvalue weighted by molar-refractivity contribution is -0.115. The van der Waals surface area contributed by atoms with Gasteiger partial charge in [-0.05, 0) is 66.9 Å². The van der Waals surface area contributed by atoms with Crippen molar-refractivity contribution in [2.24, 2.45) is 0 Å². The number of rotatable bonds is 7. The molecule has 0 radical (unpaired) electrons. The molecule has 0 saturated carbocycles. The summed E-state index contributed by atoms with van der Waals surface area (Å²) in [5.41, 5.74) is 1.39. The summed E-state index contributed by atoms with van der Waals surface area (Å²) in [4.78, 5) is 36.9. The summed E-state index contributed by atoms with van der Waals surface area (Å²) in [6, 6.07) is 16.9. The number of amides is 2. The summed E-state index contributed by atoms with van der Waals surface area (Å²) in [7, 11) is 0. The minimum absolute atomic E-state index is 0.151. The Kier molecular flexibility index (Phi) is 6.69. The summed E-state index contributed by atoms with van der Waals surface area (Å²) in [6.45, 7) is 1.79. The summed E-state index contributed by atoms with van der Waals surface area (Å²) in [5.74, 6) is -1.35. The van der Waals surface area contributed by atoms with Gasteiger partial charge < -0.3 is 15.7 Å². The number of carbonyl (C=O) groups is 3. The van der Waals surface area contributed by atoms with E-state index in [0.717, 1.165) is 4.90 Å². The monoisotopic (exact) mass is 426 g/mol. The van der Waals surface area contributed by atoms with Gasteiger partial charge in [0.1, 0.15) is 0 Å². The van der Waals surface area contributed by atoms with Crippen molar-refractivity contribution >= 4 is 52.3 Å². The average Bonchev–Trinajstić information content (AvgIpc) is 3.25. The molecule has 3 rings (SSSR count). The Morgan fingerprint density at radius 2 is 1.55 bits per heavy atom. The minimum Gasteiger partial charge on any atom is -0.478 e. The zero-order chi connectivity index (χ0) is 20.8. The molecule has 3 N–H and O–H groups in total. The van der Waals surface area contributed by atoms with Gasteiger partial charge >= 0.3 is 5.97 Å². The topological polar surface area (TPSA) is 95.5 Å². The molecule has 0 aliphatic heterocycles. The minimum atomic E-state index is -1.01. The number of nitrogens with one attached hydrogen (secondary N) is 2. The summed E-state index contributed by atoms with van der Waals surface area (Å²) >= 11 is 2.77. The van der Waals surface area contributed by atoms with E-state index < -0.39 is 5.97 Å². The quantitative estimate of drug-likeness (QED) is 0.471. The lowest BCUT2D eigenvalue weighted by atomic mass is 10.2. The maximum absolute atomic E-state index is 12.4. The van der Waals surface area contributed by atoms with Crippen LogP contribution in [0.25, 0.3) is 0 Å². The van der Waals surface area contributed by atoms with E-state index in [1.807, 2.05) is 23.6 Å². The van der Waals surface area contributed by atoms with E-state index in [1.54, 1.807) is 37.3 Å². The number of aromatic carboxylic acids is 1. The highest BCUT2D eigenvalue weighted by molar-refractivity contribution is 8.00. The molecule has 0 spiro atoms. The van der Waals surface area contributed by atoms with Crippen LogP contribution in [0.2, 0.25) is 0 Å². The van der Waals surface area contributed by atoms with E-state index in [9.17, 15) is 14.4 Å². The van der Waals surface area contributed by atoms with Crippen LogP contribution in [0.15, 0.2) is 70.9 Å². The number of carboxylic acid groups (broad SMARTS) is 1. The molecule has 8 heteroatoms. The number of thioether (sulfide) groups is 1. The number of thiophene rings is 1. The Balaban J connectivity index is 1.54. The molecule has 0 aliphatic carbocycles. The van der Waals surface area contributed by atoms with Crippen molar-refractivity contribution in [3.63, 3.8) is 0 Å². The first-order chi connectivity index (χ1) is 13.9. The average molecular weight is 427 g/mol. The van der Waals surface area contributed by atoms with Crippen molar-refractivity contribution in [3.8, 4) is 0 Å². The van der Waals surface area contributed by atoms with Gasteiger partial charge in [-0.1, -0.05) is 6.07 Å². The Bertz CT molecular complexity index is 1000. The molecular weight excluding hydrogens is 408 g/mol. The molecule has 1 atom stereocenters. The largest absolute Gasteiger partial charge is 0.478 e. The van der Waals surface area contributed by atoms with E-state index in [-0.39, 0.29) is 22.6 Å². The SMILES string of the molecule is CC(Sc1ccc(NC(=O)c2cccs2)cc1)C(=O)Nc1ccc(C(=O)O)cc1. The number of carboxylic acids is 1. The second-order valence-electron chi connectivity index (χ2n) is 6.09. The van der Waals surface area contributed by atoms with Gasteiger partial charge in [-0.2, -0.15) is 0 Å². The molecule has 3 aromatic rings. The van der Waals surface area contributed by atoms with E-state index in [0.29, 0.717) is 16.3 Å². The van der Waals surface area contributed by atoms with Crippen LogP contribution in [0, 0.1) is 0 Å². The van der Waals surface area contributed by atoms with Crippen molar-refractivity contribution in [2.75, 3.05) is 10.6 Å². The lowest BCUT2D eigenvalue weighted by Gasteiger charge is -2.13. The zero-order valence-electron chi connectivity index (χ0n) is 15.4. The van der Waals surface area contributed by atoms with Crippen molar-refractivity contribution in [1.82, 2.24) is 0 Å². The third kappa shape index (κ3) is 5.69. The van der Waals surface area contributed by atoms with E-state index in [2.05, 4.69) is 10.6 Å². The normalized spacial score (nSPS) is 11.5. The molecule has 1 unspecified atom stereocenters. The number of anilines is 2. The molecule has 0 bridgehead atoms. The maximum Gasteiger partial charge on any atom is 0.335 e. The maximum atomic E-state index is 12.4. The Hall–Kier alpha value is -3.10. The fourth-order valence-corrected chi connectivity index (χ4v) is 3.90. The van der Waals surface area contributed by atoms with Gasteiger partial charge in [0, 0.05) is 16.3 Å². The van der Waals surface area contributed by atoms with Gasteiger partial charge in [-0.3, -0.25) is 9.59 Å². The second-order valence-corrected chi connectivity index (χ2v) is 8.45. The van der Waals surface area contributed by atoms with Crippen LogP contribution in [0.1, 0.15) is 27.0 Å². The smallest absolute Gasteiger partial charge is 0.335 e. The highest BCUT2D eigenvalue weighted by Crippen LogP contribution is 2.26. The van der Waals surface area contributed by atoms with Crippen molar-refractivity contribution in [1.29, 1.82) is 0 Å². The number of benzene rings is 2. The first-order valence-corrected chi connectivity index (χ1v) is 10.4. The van der Waals surface area contributed by atoms with Crippen molar-refractivity contribution < 1.29 is 19.5 Å². The first kappa shape index (κ1) is 20.6. The van der Waals surface area contributed by atoms with Gasteiger partial charge in [0.05, 0.1) is 15.7 Å². The van der Waals surface area contributed by atoms with Gasteiger partial charge in [0.15, 0.2) is 0 Å². The third-order valence-corrected chi connectivity index (χ3v) is 5.92. The van der Waals surface area contributed by atoms with Crippen LogP contribution in [0.4, 0.5) is 11.4 Å². The van der Waals surface area contributed by atoms with Gasteiger partial charge in [0.25, 0.3) is 5.91 Å². The van der Waals surface area contributed by atoms with E-state index in [4.69, 9.17) is 5.11 Å². The molecule has 0 fully saturated rings.